The van der Waals surface area contributed by atoms with Gasteiger partial charge in [0.2, 0.25) is 5.78 Å². The van der Waals surface area contributed by atoms with Crippen LogP contribution < -0.4 is 14.7 Å². The first-order valence-electron chi connectivity index (χ1n) is 10.3. The van der Waals surface area contributed by atoms with Gasteiger partial charge in [0.25, 0.3) is 0 Å². The van der Waals surface area contributed by atoms with Gasteiger partial charge in [-0.05, 0) is 29.8 Å². The molecule has 0 spiro atoms. The highest BCUT2D eigenvalue weighted by Crippen LogP contribution is 2.38. The normalized spacial score (nSPS) is 14.7. The summed E-state index contributed by atoms with van der Waals surface area (Å²) < 4.78 is 10.6. The van der Waals surface area contributed by atoms with Gasteiger partial charge in [-0.2, -0.15) is 0 Å². The number of carbonyl (C=O) groups excluding carboxylic acids is 2. The van der Waals surface area contributed by atoms with Crippen LogP contribution in [0.2, 0.25) is 0 Å². The maximum Gasteiger partial charge on any atom is 0.337 e. The maximum atomic E-state index is 12.9. The van der Waals surface area contributed by atoms with Crippen LogP contribution in [0.3, 0.4) is 0 Å². The van der Waals surface area contributed by atoms with Gasteiger partial charge in [0.15, 0.2) is 5.76 Å². The van der Waals surface area contributed by atoms with Crippen molar-refractivity contribution in [3.05, 3.63) is 100 Å². The Morgan fingerprint density at radius 1 is 1.03 bits per heavy atom. The third-order valence-corrected chi connectivity index (χ3v) is 5.35. The molecule has 0 amide bonds. The zero-order valence-electron chi connectivity index (χ0n) is 17.9. The Bertz CT molecular complexity index is 1180. The van der Waals surface area contributed by atoms with Gasteiger partial charge in [0, 0.05) is 11.1 Å². The number of hydrogen-bond donors (Lipinski definition) is 1. The third-order valence-electron chi connectivity index (χ3n) is 5.35. The molecule has 1 atom stereocenters. The summed E-state index contributed by atoms with van der Waals surface area (Å²) in [5, 5.41) is 12.6. The number of ether oxygens (including phenoxy) is 2. The van der Waals surface area contributed by atoms with E-state index >= 15 is 0 Å². The predicted octanol–water partition coefficient (Wildman–Crippen LogP) is 2.38. The van der Waals surface area contributed by atoms with Crippen molar-refractivity contribution in [1.82, 2.24) is 0 Å². The number of carbonyl (C=O) groups is 2. The van der Waals surface area contributed by atoms with E-state index in [0.717, 1.165) is 17.0 Å². The molecule has 0 saturated carbocycles. The molecule has 0 radical (unpaired) electrons. The van der Waals surface area contributed by atoms with E-state index in [9.17, 15) is 14.7 Å². The Hall–Kier alpha value is -3.90. The van der Waals surface area contributed by atoms with Crippen molar-refractivity contribution in [3.8, 4) is 11.5 Å². The maximum absolute atomic E-state index is 12.9. The van der Waals surface area contributed by atoms with Crippen molar-refractivity contribution in [1.29, 1.82) is 0 Å². The van der Waals surface area contributed by atoms with Crippen molar-refractivity contribution in [3.63, 3.8) is 0 Å². The van der Waals surface area contributed by atoms with Gasteiger partial charge < -0.3 is 19.5 Å². The number of esters is 1. The predicted molar refractivity (Wildman–Crippen MR) is 117 cm³/mol. The summed E-state index contributed by atoms with van der Waals surface area (Å²) in [6.45, 7) is 1.18. The lowest BCUT2D eigenvalue weighted by Gasteiger charge is -2.20. The van der Waals surface area contributed by atoms with Gasteiger partial charge >= 0.3 is 5.97 Å². The number of fused-ring (bicyclic) bond motifs is 1. The zero-order chi connectivity index (χ0) is 22.7. The van der Waals surface area contributed by atoms with Crippen LogP contribution in [0.25, 0.3) is 6.08 Å². The highest BCUT2D eigenvalue weighted by Gasteiger charge is 2.30. The molecule has 4 rings (SSSR count). The molecule has 6 nitrogen and oxygen atoms in total. The Balaban J connectivity index is 1.56. The average molecular weight is 429 g/mol. The van der Waals surface area contributed by atoms with Crippen molar-refractivity contribution < 1.29 is 29.1 Å². The SMILES string of the molecule is COC(=O)c1ccc(/C=C2\Oc3c(ccc([O-])c3C[NH+](C)Cc3ccccc3)C2=O)cc1. The topological polar surface area (TPSA) is 80.1 Å². The molecule has 162 valence electrons. The van der Waals surface area contributed by atoms with E-state index in [2.05, 4.69) is 0 Å². The number of hydrogen-bond acceptors (Lipinski definition) is 5. The lowest BCUT2D eigenvalue weighted by atomic mass is 10.0. The van der Waals surface area contributed by atoms with Crippen molar-refractivity contribution in [2.24, 2.45) is 0 Å². The van der Waals surface area contributed by atoms with Crippen LogP contribution in [-0.2, 0) is 17.8 Å². The molecule has 1 N–H and O–H groups in total. The van der Waals surface area contributed by atoms with Crippen molar-refractivity contribution >= 4 is 17.8 Å². The second-order valence-electron chi connectivity index (χ2n) is 7.77. The zero-order valence-corrected chi connectivity index (χ0v) is 17.9. The molecule has 0 aromatic heterocycles. The van der Waals surface area contributed by atoms with Gasteiger partial charge in [-0.15, -0.1) is 0 Å². The molecule has 1 unspecified atom stereocenters. The molecule has 0 bridgehead atoms. The van der Waals surface area contributed by atoms with Gasteiger partial charge in [-0.3, -0.25) is 4.79 Å². The van der Waals surface area contributed by atoms with Gasteiger partial charge in [0.1, 0.15) is 18.8 Å². The minimum absolute atomic E-state index is 0.146. The quantitative estimate of drug-likeness (QED) is 0.481. The first-order chi connectivity index (χ1) is 15.5. The third kappa shape index (κ3) is 4.40. The van der Waals surface area contributed by atoms with E-state index in [1.165, 1.54) is 19.2 Å². The van der Waals surface area contributed by atoms with Crippen LogP contribution in [0.15, 0.2) is 72.5 Å². The minimum Gasteiger partial charge on any atom is -0.872 e. The fraction of sp³-hybridized carbons (Fsp3) is 0.154. The van der Waals surface area contributed by atoms with Crippen LogP contribution in [0.1, 0.15) is 37.4 Å². The summed E-state index contributed by atoms with van der Waals surface area (Å²) in [5.41, 5.74) is 3.17. The fourth-order valence-corrected chi connectivity index (χ4v) is 3.75. The van der Waals surface area contributed by atoms with E-state index in [0.29, 0.717) is 34.5 Å². The van der Waals surface area contributed by atoms with Gasteiger partial charge in [0.05, 0.1) is 25.3 Å². The molecule has 6 heteroatoms. The lowest BCUT2D eigenvalue weighted by Crippen LogP contribution is -3.06. The van der Waals surface area contributed by atoms with Crippen LogP contribution in [0, 0.1) is 0 Å². The number of ketones is 1. The summed E-state index contributed by atoms with van der Waals surface area (Å²) in [6.07, 6.45) is 1.61. The summed E-state index contributed by atoms with van der Waals surface area (Å²) in [5.74, 6) is -0.350. The summed E-state index contributed by atoms with van der Waals surface area (Å²) in [6, 6.07) is 19.6. The Morgan fingerprint density at radius 3 is 2.44 bits per heavy atom. The number of methoxy groups -OCH3 is 1. The second-order valence-corrected chi connectivity index (χ2v) is 7.77. The van der Waals surface area contributed by atoms with E-state index in [-0.39, 0.29) is 17.3 Å². The summed E-state index contributed by atoms with van der Waals surface area (Å²) in [4.78, 5) is 25.6. The molecular weight excluding hydrogens is 406 g/mol. The number of benzene rings is 3. The van der Waals surface area contributed by atoms with Crippen molar-refractivity contribution in [2.45, 2.75) is 13.1 Å². The molecule has 1 aliphatic heterocycles. The molecule has 1 aliphatic rings. The number of Topliss-reactive ketones (excluding diaryl/α,β-unsaturated/α-hetero) is 1. The average Bonchev–Trinajstić information content (AvgIpc) is 3.12. The molecule has 3 aromatic rings. The summed E-state index contributed by atoms with van der Waals surface area (Å²) >= 11 is 0. The monoisotopic (exact) mass is 429 g/mol. The standard InChI is InChI=1S/C26H23NO5/c1-27(15-18-6-4-3-5-7-18)16-21-22(28)13-12-20-24(29)23(32-25(20)21)14-17-8-10-19(11-9-17)26(30)31-2/h3-14,28H,15-16H2,1-2H3/b23-14-. The van der Waals surface area contributed by atoms with E-state index < -0.39 is 5.97 Å². The minimum atomic E-state index is -0.431. The van der Waals surface area contributed by atoms with E-state index in [1.54, 1.807) is 30.3 Å². The van der Waals surface area contributed by atoms with E-state index in [1.807, 2.05) is 37.4 Å². The smallest absolute Gasteiger partial charge is 0.337 e. The number of quaternary nitrogens is 1. The highest BCUT2D eigenvalue weighted by atomic mass is 16.5. The van der Waals surface area contributed by atoms with Crippen LogP contribution in [0.5, 0.6) is 11.5 Å². The Kier molecular flexibility index (Phi) is 6.05. The Labute approximate surface area is 186 Å². The Morgan fingerprint density at radius 2 is 1.75 bits per heavy atom. The molecule has 1 heterocycles. The summed E-state index contributed by atoms with van der Waals surface area (Å²) in [7, 11) is 3.32. The first kappa shape index (κ1) is 21.3. The van der Waals surface area contributed by atoms with E-state index in [4.69, 9.17) is 9.47 Å². The van der Waals surface area contributed by atoms with Crippen LogP contribution in [0.4, 0.5) is 0 Å². The largest absolute Gasteiger partial charge is 0.872 e. The fourth-order valence-electron chi connectivity index (χ4n) is 3.75. The molecule has 0 fully saturated rings. The molecule has 3 aromatic carbocycles. The highest BCUT2D eigenvalue weighted by molar-refractivity contribution is 6.15. The number of rotatable bonds is 6. The second kappa shape index (κ2) is 9.08. The first-order valence-corrected chi connectivity index (χ1v) is 10.3. The van der Waals surface area contributed by atoms with Gasteiger partial charge in [-0.25, -0.2) is 4.79 Å². The lowest BCUT2D eigenvalue weighted by molar-refractivity contribution is -0.907. The van der Waals surface area contributed by atoms with Crippen LogP contribution >= 0.6 is 0 Å². The number of nitrogens with one attached hydrogen (secondary N) is 1. The van der Waals surface area contributed by atoms with Crippen LogP contribution in [-0.4, -0.2) is 25.9 Å². The molecule has 0 aliphatic carbocycles. The molecular formula is C26H23NO5. The van der Waals surface area contributed by atoms with Gasteiger partial charge in [-0.1, -0.05) is 54.3 Å². The molecule has 32 heavy (non-hydrogen) atoms. The van der Waals surface area contributed by atoms with Crippen molar-refractivity contribution in [2.75, 3.05) is 14.2 Å². The molecule has 0 saturated heterocycles. The number of allylic oxidation sites excluding steroid dienone is 1.